The lowest BCUT2D eigenvalue weighted by Gasteiger charge is -2.32. The van der Waals surface area contributed by atoms with Crippen LogP contribution in [0.2, 0.25) is 0 Å². The zero-order valence-corrected chi connectivity index (χ0v) is 22.9. The first-order valence-corrected chi connectivity index (χ1v) is 13.9. The van der Waals surface area contributed by atoms with Gasteiger partial charge in [-0.2, -0.15) is 0 Å². The van der Waals surface area contributed by atoms with E-state index in [1.54, 1.807) is 49.4 Å². The number of carbonyl (C=O) groups excluding carboxylic acids is 2. The normalized spacial score (nSPS) is 12.2. The molecule has 7 nitrogen and oxygen atoms in total. The minimum atomic E-state index is -4.14. The lowest BCUT2D eigenvalue weighted by molar-refractivity contribution is -0.139. The second-order valence-corrected chi connectivity index (χ2v) is 11.5. The highest BCUT2D eigenvalue weighted by Gasteiger charge is 2.32. The highest BCUT2D eigenvalue weighted by Crippen LogP contribution is 2.25. The molecule has 0 radical (unpaired) electrons. The molecule has 0 bridgehead atoms. The van der Waals surface area contributed by atoms with Crippen molar-refractivity contribution < 1.29 is 22.4 Å². The number of carbonyl (C=O) groups is 2. The molecular formula is C29H34FN3O4S. The largest absolute Gasteiger partial charge is 0.354 e. The Bertz CT molecular complexity index is 1360. The second kappa shape index (κ2) is 12.7. The average Bonchev–Trinajstić information content (AvgIpc) is 2.89. The molecule has 0 aliphatic rings. The van der Waals surface area contributed by atoms with Crippen LogP contribution in [0.4, 0.5) is 10.1 Å². The molecule has 9 heteroatoms. The Kier molecular flexibility index (Phi) is 9.63. The lowest BCUT2D eigenvalue weighted by Crippen LogP contribution is -2.51. The van der Waals surface area contributed by atoms with Gasteiger partial charge in [-0.15, -0.1) is 0 Å². The van der Waals surface area contributed by atoms with Crippen LogP contribution in [0.25, 0.3) is 0 Å². The van der Waals surface area contributed by atoms with Crippen LogP contribution < -0.4 is 9.62 Å². The van der Waals surface area contributed by atoms with Crippen molar-refractivity contribution in [1.29, 1.82) is 0 Å². The van der Waals surface area contributed by atoms with Gasteiger partial charge in [0, 0.05) is 18.7 Å². The molecule has 1 atom stereocenters. The van der Waals surface area contributed by atoms with E-state index in [1.807, 2.05) is 26.8 Å². The summed E-state index contributed by atoms with van der Waals surface area (Å²) in [6.45, 7) is 6.90. The van der Waals surface area contributed by atoms with Crippen LogP contribution in [0, 0.1) is 18.7 Å². The monoisotopic (exact) mass is 539 g/mol. The van der Waals surface area contributed by atoms with E-state index in [4.69, 9.17) is 0 Å². The molecule has 0 saturated carbocycles. The van der Waals surface area contributed by atoms with Gasteiger partial charge in [-0.3, -0.25) is 13.9 Å². The SMILES string of the molecule is Cc1cccc(N(CC(=O)N(Cc2ccccc2F)[C@H](C)C(=O)NCC(C)C)S(=O)(=O)c2ccccc2)c1. The fourth-order valence-corrected chi connectivity index (χ4v) is 5.30. The van der Waals surface area contributed by atoms with Crippen molar-refractivity contribution in [3.63, 3.8) is 0 Å². The van der Waals surface area contributed by atoms with Gasteiger partial charge in [0.2, 0.25) is 11.8 Å². The van der Waals surface area contributed by atoms with Crippen molar-refractivity contribution in [3.05, 3.63) is 95.8 Å². The van der Waals surface area contributed by atoms with Gasteiger partial charge in [0.25, 0.3) is 10.0 Å². The number of halogens is 1. The van der Waals surface area contributed by atoms with Gasteiger partial charge in [-0.25, -0.2) is 12.8 Å². The first kappa shape index (κ1) is 28.8. The summed E-state index contributed by atoms with van der Waals surface area (Å²) in [6.07, 6.45) is 0. The molecular weight excluding hydrogens is 505 g/mol. The van der Waals surface area contributed by atoms with Crippen LogP contribution in [0.3, 0.4) is 0 Å². The maximum Gasteiger partial charge on any atom is 0.264 e. The number of nitrogens with one attached hydrogen (secondary N) is 1. The van der Waals surface area contributed by atoms with E-state index in [9.17, 15) is 22.4 Å². The highest BCUT2D eigenvalue weighted by atomic mass is 32.2. The molecule has 38 heavy (non-hydrogen) atoms. The molecule has 3 rings (SSSR count). The van der Waals surface area contributed by atoms with Crippen LogP contribution in [-0.4, -0.2) is 44.3 Å². The average molecular weight is 540 g/mol. The topological polar surface area (TPSA) is 86.8 Å². The number of anilines is 1. The third-order valence-corrected chi connectivity index (χ3v) is 7.84. The Morgan fingerprint density at radius 2 is 1.58 bits per heavy atom. The van der Waals surface area contributed by atoms with Gasteiger partial charge in [-0.1, -0.05) is 62.4 Å². The maximum absolute atomic E-state index is 14.6. The van der Waals surface area contributed by atoms with E-state index in [0.29, 0.717) is 12.2 Å². The molecule has 0 aromatic heterocycles. The Morgan fingerprint density at radius 1 is 0.921 bits per heavy atom. The van der Waals surface area contributed by atoms with E-state index < -0.39 is 40.2 Å². The number of rotatable bonds is 11. The quantitative estimate of drug-likeness (QED) is 0.388. The first-order valence-electron chi connectivity index (χ1n) is 12.5. The summed E-state index contributed by atoms with van der Waals surface area (Å²) < 4.78 is 43.0. The Balaban J connectivity index is 2.01. The standard InChI is InChI=1S/C29H34FN3O4S/c1-21(2)18-31-29(35)23(4)32(19-24-12-8-9-16-27(24)30)28(34)20-33(25-13-10-11-22(3)17-25)38(36,37)26-14-6-5-7-15-26/h5-17,21,23H,18-20H2,1-4H3,(H,31,35)/t23-/m1/s1. The molecule has 0 saturated heterocycles. The number of hydrogen-bond donors (Lipinski definition) is 1. The molecule has 3 aromatic rings. The van der Waals surface area contributed by atoms with E-state index in [0.717, 1.165) is 9.87 Å². The Morgan fingerprint density at radius 3 is 2.21 bits per heavy atom. The number of aryl methyl sites for hydroxylation is 1. The van der Waals surface area contributed by atoms with E-state index in [2.05, 4.69) is 5.32 Å². The number of amides is 2. The Labute approximate surface area is 224 Å². The van der Waals surface area contributed by atoms with Crippen LogP contribution in [0.1, 0.15) is 31.9 Å². The number of hydrogen-bond acceptors (Lipinski definition) is 4. The molecule has 0 spiro atoms. The van der Waals surface area contributed by atoms with Crippen molar-refractivity contribution >= 4 is 27.5 Å². The van der Waals surface area contributed by atoms with Crippen LogP contribution in [-0.2, 0) is 26.2 Å². The van der Waals surface area contributed by atoms with Gasteiger partial charge >= 0.3 is 0 Å². The third-order valence-electron chi connectivity index (χ3n) is 6.05. The van der Waals surface area contributed by atoms with Crippen LogP contribution in [0.5, 0.6) is 0 Å². The number of nitrogens with zero attached hydrogens (tertiary/aromatic N) is 2. The van der Waals surface area contributed by atoms with Crippen molar-refractivity contribution in [2.24, 2.45) is 5.92 Å². The van der Waals surface area contributed by atoms with Gasteiger partial charge in [-0.05, 0) is 55.7 Å². The third kappa shape index (κ3) is 7.19. The molecule has 202 valence electrons. The molecule has 0 aliphatic heterocycles. The molecule has 0 unspecified atom stereocenters. The first-order chi connectivity index (χ1) is 18.0. The summed E-state index contributed by atoms with van der Waals surface area (Å²) in [6, 6.07) is 19.7. The zero-order chi connectivity index (χ0) is 27.9. The molecule has 0 fully saturated rings. The van der Waals surface area contributed by atoms with Crippen molar-refractivity contribution in [2.75, 3.05) is 17.4 Å². The van der Waals surface area contributed by atoms with Gasteiger partial charge in [0.05, 0.1) is 10.6 Å². The van der Waals surface area contributed by atoms with E-state index in [-0.39, 0.29) is 22.9 Å². The van der Waals surface area contributed by atoms with Crippen molar-refractivity contribution in [2.45, 2.75) is 45.2 Å². The van der Waals surface area contributed by atoms with Crippen LogP contribution in [0.15, 0.2) is 83.8 Å². The molecule has 2 amide bonds. The minimum absolute atomic E-state index is 0.0256. The van der Waals surface area contributed by atoms with Gasteiger partial charge in [0.1, 0.15) is 18.4 Å². The zero-order valence-electron chi connectivity index (χ0n) is 22.1. The summed E-state index contributed by atoms with van der Waals surface area (Å²) in [5.74, 6) is -1.37. The predicted molar refractivity (Wildman–Crippen MR) is 146 cm³/mol. The fraction of sp³-hybridized carbons (Fsp3) is 0.310. The maximum atomic E-state index is 14.6. The summed E-state index contributed by atoms with van der Waals surface area (Å²) >= 11 is 0. The minimum Gasteiger partial charge on any atom is -0.354 e. The smallest absolute Gasteiger partial charge is 0.264 e. The van der Waals surface area contributed by atoms with Crippen LogP contribution >= 0.6 is 0 Å². The molecule has 0 heterocycles. The van der Waals surface area contributed by atoms with E-state index >= 15 is 0 Å². The molecule has 1 N–H and O–H groups in total. The number of sulfonamides is 1. The fourth-order valence-electron chi connectivity index (χ4n) is 3.88. The number of benzene rings is 3. The second-order valence-electron chi connectivity index (χ2n) is 9.59. The predicted octanol–water partition coefficient (Wildman–Crippen LogP) is 4.52. The van der Waals surface area contributed by atoms with Gasteiger partial charge < -0.3 is 10.2 Å². The van der Waals surface area contributed by atoms with E-state index in [1.165, 1.54) is 35.2 Å². The summed E-state index contributed by atoms with van der Waals surface area (Å²) in [7, 11) is -4.14. The Hall–Kier alpha value is -3.72. The van der Waals surface area contributed by atoms with Gasteiger partial charge in [0.15, 0.2) is 0 Å². The lowest BCUT2D eigenvalue weighted by atomic mass is 10.1. The molecule has 0 aliphatic carbocycles. The summed E-state index contributed by atoms with van der Waals surface area (Å²) in [4.78, 5) is 28.0. The highest BCUT2D eigenvalue weighted by molar-refractivity contribution is 7.92. The summed E-state index contributed by atoms with van der Waals surface area (Å²) in [5, 5.41) is 2.81. The summed E-state index contributed by atoms with van der Waals surface area (Å²) in [5.41, 5.74) is 1.34. The molecule has 3 aromatic carbocycles. The van der Waals surface area contributed by atoms with Crippen molar-refractivity contribution in [1.82, 2.24) is 10.2 Å². The van der Waals surface area contributed by atoms with Crippen molar-refractivity contribution in [3.8, 4) is 0 Å².